The molecule has 0 saturated carbocycles. The Morgan fingerprint density at radius 2 is 1.44 bits per heavy atom. The van der Waals surface area contributed by atoms with Crippen molar-refractivity contribution in [3.8, 4) is 22.3 Å². The summed E-state index contributed by atoms with van der Waals surface area (Å²) in [5.74, 6) is -0.275. The Morgan fingerprint density at radius 1 is 0.719 bits per heavy atom. The number of carbonyl (C=O) groups excluding carboxylic acids is 1. The smallest absolute Gasteiger partial charge is 0.188 e. The highest BCUT2D eigenvalue weighted by atomic mass is 16.1. The lowest BCUT2D eigenvalue weighted by atomic mass is 9.87. The van der Waals surface area contributed by atoms with Crippen molar-refractivity contribution in [1.29, 1.82) is 0 Å². The van der Waals surface area contributed by atoms with Crippen LogP contribution in [0.4, 0.5) is 0 Å². The van der Waals surface area contributed by atoms with E-state index in [0.29, 0.717) is 12.1 Å². The Hall–Kier alpha value is -4.11. The second kappa shape index (κ2) is 8.94. The molecule has 0 N–H and O–H groups in total. The highest BCUT2D eigenvalue weighted by Gasteiger charge is 2.25. The Balaban J connectivity index is 1.42. The standard InChI is InChI=1S/C29H22N2O/c32-29-27(14-16-31-28(29)17-21-7-6-15-30-20-21)26-13-5-12-25(19-26)24-11-4-10-23(18-24)22-8-2-1-3-9-22/h1-16,18-20,27H,17H2. The summed E-state index contributed by atoms with van der Waals surface area (Å²) < 4.78 is 0. The first kappa shape index (κ1) is 19.8. The van der Waals surface area contributed by atoms with E-state index in [9.17, 15) is 4.79 Å². The number of nitrogens with zero attached hydrogens (tertiary/aromatic N) is 2. The predicted molar refractivity (Wildman–Crippen MR) is 130 cm³/mol. The van der Waals surface area contributed by atoms with E-state index in [1.165, 1.54) is 11.1 Å². The molecule has 3 nitrogen and oxygen atoms in total. The number of hydrogen-bond donors (Lipinski definition) is 0. The molecule has 1 atom stereocenters. The maximum absolute atomic E-state index is 13.2. The average Bonchev–Trinajstić information content (AvgIpc) is 2.87. The fourth-order valence-corrected chi connectivity index (χ4v) is 4.06. The van der Waals surface area contributed by atoms with Crippen LogP contribution in [0.1, 0.15) is 17.0 Å². The first-order valence-corrected chi connectivity index (χ1v) is 10.7. The molecule has 0 amide bonds. The predicted octanol–water partition coefficient (Wildman–Crippen LogP) is 6.28. The molecule has 1 aliphatic rings. The van der Waals surface area contributed by atoms with Gasteiger partial charge in [-0.1, -0.05) is 84.9 Å². The Kier molecular flexibility index (Phi) is 5.54. The SMILES string of the molecule is O=C1C(Cc2cccnc2)=NC=CC1c1cccc(-c2cccc(-c3ccccc3)c2)c1. The molecule has 1 unspecified atom stereocenters. The summed E-state index contributed by atoms with van der Waals surface area (Å²) in [7, 11) is 0. The van der Waals surface area contributed by atoms with E-state index in [1.54, 1.807) is 18.6 Å². The van der Waals surface area contributed by atoms with Gasteiger partial charge in [0.15, 0.2) is 5.78 Å². The molecule has 2 heterocycles. The van der Waals surface area contributed by atoms with Gasteiger partial charge in [0.05, 0.1) is 11.6 Å². The number of pyridine rings is 1. The first-order chi connectivity index (χ1) is 15.8. The minimum Gasteiger partial charge on any atom is -0.292 e. The lowest BCUT2D eigenvalue weighted by Crippen LogP contribution is -2.25. The summed E-state index contributed by atoms with van der Waals surface area (Å²) in [5.41, 5.74) is 7.12. The highest BCUT2D eigenvalue weighted by Crippen LogP contribution is 2.30. The molecule has 0 aliphatic carbocycles. The highest BCUT2D eigenvalue weighted by molar-refractivity contribution is 6.43. The zero-order valence-corrected chi connectivity index (χ0v) is 17.6. The number of ketones is 1. The van der Waals surface area contributed by atoms with Gasteiger partial charge in [0.1, 0.15) is 0 Å². The zero-order valence-electron chi connectivity index (χ0n) is 17.6. The molecule has 3 heteroatoms. The maximum atomic E-state index is 13.2. The number of aliphatic imine (C=N–C) groups is 1. The summed E-state index contributed by atoms with van der Waals surface area (Å²) in [5, 5.41) is 0. The first-order valence-electron chi connectivity index (χ1n) is 10.7. The van der Waals surface area contributed by atoms with Crippen LogP contribution in [0, 0.1) is 0 Å². The van der Waals surface area contributed by atoms with Crippen LogP contribution in [0.2, 0.25) is 0 Å². The number of benzene rings is 3. The summed E-state index contributed by atoms with van der Waals surface area (Å²) in [6.45, 7) is 0. The Bertz CT molecular complexity index is 1310. The number of hydrogen-bond acceptors (Lipinski definition) is 3. The minimum absolute atomic E-state index is 0.0477. The fraction of sp³-hybridized carbons (Fsp3) is 0.0690. The molecule has 0 saturated heterocycles. The number of carbonyl (C=O) groups is 1. The van der Waals surface area contributed by atoms with Crippen LogP contribution < -0.4 is 0 Å². The van der Waals surface area contributed by atoms with E-state index < -0.39 is 0 Å². The molecule has 154 valence electrons. The summed E-state index contributed by atoms with van der Waals surface area (Å²) >= 11 is 0. The normalized spacial score (nSPS) is 15.4. The van der Waals surface area contributed by atoms with Crippen molar-refractivity contribution >= 4 is 11.5 Å². The number of rotatable bonds is 5. The number of allylic oxidation sites excluding steroid dienone is 1. The van der Waals surface area contributed by atoms with Crippen molar-refractivity contribution in [3.63, 3.8) is 0 Å². The molecule has 0 fully saturated rings. The molecule has 3 aromatic carbocycles. The van der Waals surface area contributed by atoms with Gasteiger partial charge in [0.25, 0.3) is 0 Å². The molecular weight excluding hydrogens is 392 g/mol. The molecule has 32 heavy (non-hydrogen) atoms. The van der Waals surface area contributed by atoms with Crippen LogP contribution in [0.25, 0.3) is 22.3 Å². The third kappa shape index (κ3) is 4.19. The van der Waals surface area contributed by atoms with Crippen molar-refractivity contribution in [1.82, 2.24) is 4.98 Å². The van der Waals surface area contributed by atoms with Gasteiger partial charge in [-0.3, -0.25) is 14.8 Å². The van der Waals surface area contributed by atoms with Gasteiger partial charge in [-0.25, -0.2) is 0 Å². The van der Waals surface area contributed by atoms with E-state index in [2.05, 4.69) is 58.5 Å². The van der Waals surface area contributed by atoms with Crippen molar-refractivity contribution in [2.75, 3.05) is 0 Å². The van der Waals surface area contributed by atoms with Crippen LogP contribution in [-0.4, -0.2) is 16.5 Å². The van der Waals surface area contributed by atoms with Gasteiger partial charge in [-0.15, -0.1) is 0 Å². The fourth-order valence-electron chi connectivity index (χ4n) is 4.06. The van der Waals surface area contributed by atoms with E-state index >= 15 is 0 Å². The van der Waals surface area contributed by atoms with Gasteiger partial charge in [-0.2, -0.15) is 0 Å². The van der Waals surface area contributed by atoms with Crippen LogP contribution in [0.3, 0.4) is 0 Å². The minimum atomic E-state index is -0.323. The molecule has 4 aromatic rings. The molecule has 1 aromatic heterocycles. The van der Waals surface area contributed by atoms with E-state index in [0.717, 1.165) is 22.3 Å². The van der Waals surface area contributed by atoms with Crippen LogP contribution >= 0.6 is 0 Å². The molecule has 0 bridgehead atoms. The van der Waals surface area contributed by atoms with Crippen LogP contribution in [-0.2, 0) is 11.2 Å². The third-order valence-electron chi connectivity index (χ3n) is 5.72. The quantitative estimate of drug-likeness (QED) is 0.386. The average molecular weight is 415 g/mol. The van der Waals surface area contributed by atoms with Gasteiger partial charge in [-0.05, 0) is 45.5 Å². The molecule has 0 spiro atoms. The van der Waals surface area contributed by atoms with Crippen molar-refractivity contribution < 1.29 is 4.79 Å². The van der Waals surface area contributed by atoms with E-state index in [4.69, 9.17) is 0 Å². The summed E-state index contributed by atoms with van der Waals surface area (Å²) in [6, 6.07) is 31.0. The molecule has 5 rings (SSSR count). The second-order valence-corrected chi connectivity index (χ2v) is 7.87. The van der Waals surface area contributed by atoms with Crippen LogP contribution in [0.5, 0.6) is 0 Å². The van der Waals surface area contributed by atoms with Gasteiger partial charge in [0, 0.05) is 25.0 Å². The second-order valence-electron chi connectivity index (χ2n) is 7.87. The third-order valence-corrected chi connectivity index (χ3v) is 5.72. The van der Waals surface area contributed by atoms with E-state index in [1.807, 2.05) is 48.5 Å². The van der Waals surface area contributed by atoms with Gasteiger partial charge >= 0.3 is 0 Å². The van der Waals surface area contributed by atoms with Crippen LogP contribution in [0.15, 0.2) is 121 Å². The molecular formula is C29H22N2O. The van der Waals surface area contributed by atoms with Crippen molar-refractivity contribution in [3.05, 3.63) is 127 Å². The van der Waals surface area contributed by atoms with Gasteiger partial charge in [0.2, 0.25) is 0 Å². The number of Topliss-reactive ketones (excluding diaryl/α,β-unsaturated/α-hetero) is 1. The summed E-state index contributed by atoms with van der Waals surface area (Å²) in [6.07, 6.45) is 7.64. The summed E-state index contributed by atoms with van der Waals surface area (Å²) in [4.78, 5) is 21.7. The zero-order chi connectivity index (χ0) is 21.8. The largest absolute Gasteiger partial charge is 0.292 e. The number of aromatic nitrogens is 1. The van der Waals surface area contributed by atoms with Crippen molar-refractivity contribution in [2.45, 2.75) is 12.3 Å². The van der Waals surface area contributed by atoms with Gasteiger partial charge < -0.3 is 0 Å². The lowest BCUT2D eigenvalue weighted by Gasteiger charge is -2.18. The lowest BCUT2D eigenvalue weighted by molar-refractivity contribution is -0.113. The Morgan fingerprint density at radius 3 is 2.22 bits per heavy atom. The monoisotopic (exact) mass is 414 g/mol. The van der Waals surface area contributed by atoms with Crippen molar-refractivity contribution in [2.24, 2.45) is 4.99 Å². The Labute approximate surface area is 187 Å². The molecule has 0 radical (unpaired) electrons. The molecule has 1 aliphatic heterocycles. The topological polar surface area (TPSA) is 42.3 Å². The van der Waals surface area contributed by atoms with E-state index in [-0.39, 0.29) is 11.7 Å². The maximum Gasteiger partial charge on any atom is 0.188 e.